The van der Waals surface area contributed by atoms with Crippen molar-refractivity contribution in [1.82, 2.24) is 14.9 Å². The number of hydrogen-bond acceptors (Lipinski definition) is 5. The van der Waals surface area contributed by atoms with Crippen LogP contribution in [-0.4, -0.2) is 34.5 Å². The van der Waals surface area contributed by atoms with Crippen LogP contribution in [0.5, 0.6) is 0 Å². The van der Waals surface area contributed by atoms with Gasteiger partial charge in [0.05, 0.1) is 12.1 Å². The van der Waals surface area contributed by atoms with E-state index in [-0.39, 0.29) is 11.0 Å². The summed E-state index contributed by atoms with van der Waals surface area (Å²) in [6.07, 6.45) is 1.11. The number of rotatable bonds is 3. The average molecular weight is 278 g/mol. The van der Waals surface area contributed by atoms with Gasteiger partial charge in [0.1, 0.15) is 10.5 Å². The molecule has 0 bridgehead atoms. The van der Waals surface area contributed by atoms with E-state index in [0.717, 1.165) is 30.9 Å². The zero-order chi connectivity index (χ0) is 13.5. The maximum Gasteiger partial charge on any atom is 0.268 e. The molecule has 0 amide bonds. The second-order valence-electron chi connectivity index (χ2n) is 5.62. The Bertz CT molecular complexity index is 649. The number of fused-ring (bicyclic) bond motifs is 1. The molecule has 3 N–H and O–H groups in total. The Labute approximate surface area is 115 Å². The molecule has 19 heavy (non-hydrogen) atoms. The summed E-state index contributed by atoms with van der Waals surface area (Å²) >= 11 is 1.43. The maximum atomic E-state index is 11.9. The Morgan fingerprint density at radius 1 is 1.63 bits per heavy atom. The van der Waals surface area contributed by atoms with Gasteiger partial charge in [0.15, 0.2) is 0 Å². The van der Waals surface area contributed by atoms with Crippen molar-refractivity contribution < 1.29 is 0 Å². The summed E-state index contributed by atoms with van der Waals surface area (Å²) in [4.78, 5) is 21.6. The van der Waals surface area contributed by atoms with Crippen molar-refractivity contribution >= 4 is 21.6 Å². The normalized spacial score (nSPS) is 24.3. The quantitative estimate of drug-likeness (QED) is 0.883. The maximum absolute atomic E-state index is 11.9. The van der Waals surface area contributed by atoms with Crippen LogP contribution in [0.1, 0.15) is 19.2 Å². The van der Waals surface area contributed by atoms with Crippen molar-refractivity contribution in [3.8, 4) is 0 Å². The first-order valence-electron chi connectivity index (χ1n) is 6.48. The molecule has 5 nitrogen and oxygen atoms in total. The van der Waals surface area contributed by atoms with Gasteiger partial charge in [-0.1, -0.05) is 6.92 Å². The molecule has 2 aromatic rings. The van der Waals surface area contributed by atoms with Crippen molar-refractivity contribution in [1.29, 1.82) is 0 Å². The van der Waals surface area contributed by atoms with Crippen LogP contribution in [0.25, 0.3) is 10.2 Å². The fourth-order valence-corrected chi connectivity index (χ4v) is 3.36. The molecule has 0 radical (unpaired) electrons. The summed E-state index contributed by atoms with van der Waals surface area (Å²) in [5.74, 6) is 0.747. The first-order valence-corrected chi connectivity index (χ1v) is 7.36. The fourth-order valence-electron chi connectivity index (χ4n) is 2.64. The fraction of sp³-hybridized carbons (Fsp3) is 0.538. The highest BCUT2D eigenvalue weighted by molar-refractivity contribution is 7.17. The van der Waals surface area contributed by atoms with E-state index in [9.17, 15) is 4.79 Å². The van der Waals surface area contributed by atoms with E-state index < -0.39 is 0 Å². The van der Waals surface area contributed by atoms with Gasteiger partial charge in [-0.2, -0.15) is 0 Å². The number of hydrogen-bond donors (Lipinski definition) is 2. The van der Waals surface area contributed by atoms with Crippen LogP contribution in [0.3, 0.4) is 0 Å². The molecule has 1 aliphatic rings. The lowest BCUT2D eigenvalue weighted by atomic mass is 9.90. The minimum absolute atomic E-state index is 0.0317. The van der Waals surface area contributed by atoms with Gasteiger partial charge in [-0.25, -0.2) is 4.98 Å². The van der Waals surface area contributed by atoms with Crippen LogP contribution in [-0.2, 0) is 6.54 Å². The molecule has 3 heterocycles. The van der Waals surface area contributed by atoms with Gasteiger partial charge in [0.25, 0.3) is 5.56 Å². The molecule has 2 aromatic heterocycles. The Morgan fingerprint density at radius 3 is 3.21 bits per heavy atom. The molecule has 6 heteroatoms. The number of aromatic amines is 1. The van der Waals surface area contributed by atoms with Crippen molar-refractivity contribution in [2.75, 3.05) is 19.6 Å². The van der Waals surface area contributed by atoms with Crippen molar-refractivity contribution in [3.05, 3.63) is 27.6 Å². The zero-order valence-electron chi connectivity index (χ0n) is 11.0. The lowest BCUT2D eigenvalue weighted by molar-refractivity contribution is 0.269. The number of nitrogens with two attached hydrogens (primary N) is 1. The molecule has 3 rings (SSSR count). The van der Waals surface area contributed by atoms with Crippen molar-refractivity contribution in [2.24, 2.45) is 11.1 Å². The van der Waals surface area contributed by atoms with E-state index in [1.54, 1.807) is 0 Å². The first kappa shape index (κ1) is 12.8. The van der Waals surface area contributed by atoms with E-state index in [1.807, 2.05) is 11.4 Å². The standard InChI is InChI=1S/C13H18N4OS/c1-13(7-14)3-4-17(8-13)6-10-15-9-2-5-19-11(9)12(18)16-10/h2,5H,3-4,6-8,14H2,1H3,(H,15,16,18). The number of aromatic nitrogens is 2. The molecule has 0 spiro atoms. The van der Waals surface area contributed by atoms with E-state index in [0.29, 0.717) is 17.8 Å². The Hall–Kier alpha value is -1.24. The lowest BCUT2D eigenvalue weighted by Gasteiger charge is -2.22. The second-order valence-corrected chi connectivity index (χ2v) is 6.54. The van der Waals surface area contributed by atoms with Gasteiger partial charge < -0.3 is 10.7 Å². The van der Waals surface area contributed by atoms with E-state index in [2.05, 4.69) is 21.8 Å². The van der Waals surface area contributed by atoms with Gasteiger partial charge in [-0.05, 0) is 36.4 Å². The van der Waals surface area contributed by atoms with Crippen LogP contribution in [0, 0.1) is 5.41 Å². The Balaban J connectivity index is 1.81. The smallest absolute Gasteiger partial charge is 0.268 e. The number of thiophene rings is 1. The summed E-state index contributed by atoms with van der Waals surface area (Å²) in [6, 6.07) is 1.90. The molecule has 1 saturated heterocycles. The highest BCUT2D eigenvalue weighted by Crippen LogP contribution is 2.29. The highest BCUT2D eigenvalue weighted by Gasteiger charge is 2.32. The summed E-state index contributed by atoms with van der Waals surface area (Å²) in [5.41, 5.74) is 6.77. The third-order valence-electron chi connectivity index (χ3n) is 3.87. The average Bonchev–Trinajstić information content (AvgIpc) is 2.97. The number of likely N-dealkylation sites (tertiary alicyclic amines) is 1. The van der Waals surface area contributed by atoms with Crippen LogP contribution in [0.15, 0.2) is 16.2 Å². The van der Waals surface area contributed by atoms with Crippen LogP contribution in [0.2, 0.25) is 0 Å². The first-order chi connectivity index (χ1) is 9.09. The molecule has 0 aromatic carbocycles. The molecule has 1 aliphatic heterocycles. The number of H-pyrrole nitrogens is 1. The van der Waals surface area contributed by atoms with Crippen LogP contribution < -0.4 is 11.3 Å². The van der Waals surface area contributed by atoms with Crippen molar-refractivity contribution in [3.63, 3.8) is 0 Å². The molecule has 1 atom stereocenters. The van der Waals surface area contributed by atoms with Crippen molar-refractivity contribution in [2.45, 2.75) is 19.9 Å². The highest BCUT2D eigenvalue weighted by atomic mass is 32.1. The molecule has 1 fully saturated rings. The zero-order valence-corrected chi connectivity index (χ0v) is 11.8. The molecule has 0 saturated carbocycles. The summed E-state index contributed by atoms with van der Waals surface area (Å²) in [6.45, 7) is 5.59. The summed E-state index contributed by atoms with van der Waals surface area (Å²) in [7, 11) is 0. The third-order valence-corrected chi connectivity index (χ3v) is 4.77. The number of nitrogens with one attached hydrogen (secondary N) is 1. The summed E-state index contributed by atoms with van der Waals surface area (Å²) in [5, 5.41) is 1.90. The minimum Gasteiger partial charge on any atom is -0.330 e. The summed E-state index contributed by atoms with van der Waals surface area (Å²) < 4.78 is 0.706. The second kappa shape index (κ2) is 4.70. The SMILES string of the molecule is CC1(CN)CCN(Cc2nc3ccsc3c(=O)[nH]2)C1. The predicted molar refractivity (Wildman–Crippen MR) is 77.3 cm³/mol. The predicted octanol–water partition coefficient (Wildman–Crippen LogP) is 1.16. The van der Waals surface area contributed by atoms with Gasteiger partial charge >= 0.3 is 0 Å². The molecular weight excluding hydrogens is 260 g/mol. The van der Waals surface area contributed by atoms with Gasteiger partial charge in [0.2, 0.25) is 0 Å². The molecular formula is C13H18N4OS. The Kier molecular flexibility index (Phi) is 3.16. The Morgan fingerprint density at radius 2 is 2.47 bits per heavy atom. The molecule has 1 unspecified atom stereocenters. The lowest BCUT2D eigenvalue weighted by Crippen LogP contribution is -2.31. The monoisotopic (exact) mass is 278 g/mol. The van der Waals surface area contributed by atoms with Gasteiger partial charge in [-0.3, -0.25) is 9.69 Å². The van der Waals surface area contributed by atoms with Gasteiger partial charge in [-0.15, -0.1) is 11.3 Å². The third kappa shape index (κ3) is 2.43. The molecule has 102 valence electrons. The topological polar surface area (TPSA) is 75.0 Å². The van der Waals surface area contributed by atoms with Crippen LogP contribution >= 0.6 is 11.3 Å². The van der Waals surface area contributed by atoms with Gasteiger partial charge in [0, 0.05) is 6.54 Å². The van der Waals surface area contributed by atoms with E-state index in [4.69, 9.17) is 5.73 Å². The molecule has 0 aliphatic carbocycles. The largest absolute Gasteiger partial charge is 0.330 e. The van der Waals surface area contributed by atoms with Crippen LogP contribution in [0.4, 0.5) is 0 Å². The van der Waals surface area contributed by atoms with E-state index in [1.165, 1.54) is 11.3 Å². The number of nitrogens with zero attached hydrogens (tertiary/aromatic N) is 2. The van der Waals surface area contributed by atoms with E-state index >= 15 is 0 Å². The minimum atomic E-state index is -0.0317.